The Morgan fingerprint density at radius 1 is 1.00 bits per heavy atom. The fraction of sp³-hybridized carbons (Fsp3) is 0.412. The number of benzene rings is 1. The molecule has 0 bridgehead atoms. The van der Waals surface area contributed by atoms with Gasteiger partial charge in [0.25, 0.3) is 5.91 Å². The van der Waals surface area contributed by atoms with Crippen molar-refractivity contribution in [2.24, 2.45) is 0 Å². The van der Waals surface area contributed by atoms with Crippen LogP contribution in [0.3, 0.4) is 0 Å². The highest BCUT2D eigenvalue weighted by atomic mass is 16.6. The minimum Gasteiger partial charge on any atom is -0.482 e. The molecule has 3 amide bonds. The van der Waals surface area contributed by atoms with Crippen molar-refractivity contribution >= 4 is 23.7 Å². The molecule has 1 rings (SSSR count). The lowest BCUT2D eigenvalue weighted by Gasteiger charge is -2.20. The first kappa shape index (κ1) is 20.1. The van der Waals surface area contributed by atoms with Crippen LogP contribution < -0.4 is 15.4 Å². The number of carbonyl (C=O) groups is 4. The second kappa shape index (κ2) is 8.81. The topological polar surface area (TPSA) is 111 Å². The van der Waals surface area contributed by atoms with Crippen LogP contribution in [0.4, 0.5) is 4.79 Å². The maximum atomic E-state index is 11.5. The molecule has 0 atom stereocenters. The van der Waals surface area contributed by atoms with Gasteiger partial charge in [-0.2, -0.15) is 0 Å². The normalized spacial score (nSPS) is 10.6. The number of esters is 1. The molecular formula is C17H22N2O6. The number of nitrogens with one attached hydrogen (secondary N) is 2. The smallest absolute Gasteiger partial charge is 0.344 e. The van der Waals surface area contributed by atoms with Gasteiger partial charge in [-0.15, -0.1) is 0 Å². The lowest BCUT2D eigenvalue weighted by Crippen LogP contribution is -2.49. The molecule has 8 heteroatoms. The third-order valence-electron chi connectivity index (χ3n) is 2.72. The highest BCUT2D eigenvalue weighted by molar-refractivity contribution is 5.96. The Bertz CT molecular complexity index is 646. The average molecular weight is 350 g/mol. The first-order valence-electron chi connectivity index (χ1n) is 7.58. The molecule has 0 saturated heterocycles. The van der Waals surface area contributed by atoms with Gasteiger partial charge in [0.1, 0.15) is 5.75 Å². The summed E-state index contributed by atoms with van der Waals surface area (Å²) in [6, 6.07) is 5.57. The van der Waals surface area contributed by atoms with Crippen LogP contribution in [0.2, 0.25) is 0 Å². The first-order chi connectivity index (χ1) is 11.6. The van der Waals surface area contributed by atoms with Gasteiger partial charge in [-0.05, 0) is 52.0 Å². The summed E-state index contributed by atoms with van der Waals surface area (Å²) in [5.41, 5.74) is 0.0347. The Morgan fingerprint density at radius 3 is 2.12 bits per heavy atom. The maximum Gasteiger partial charge on any atom is 0.344 e. The van der Waals surface area contributed by atoms with Gasteiger partial charge in [-0.3, -0.25) is 14.9 Å². The van der Waals surface area contributed by atoms with Crippen molar-refractivity contribution in [3.8, 4) is 5.75 Å². The molecule has 1 aromatic carbocycles. The van der Waals surface area contributed by atoms with E-state index in [9.17, 15) is 19.2 Å². The summed E-state index contributed by atoms with van der Waals surface area (Å²) in [5, 5.41) is 4.58. The van der Waals surface area contributed by atoms with Crippen molar-refractivity contribution in [2.45, 2.75) is 33.2 Å². The van der Waals surface area contributed by atoms with Crippen LogP contribution in [0.5, 0.6) is 5.75 Å². The van der Waals surface area contributed by atoms with Gasteiger partial charge in [0.2, 0.25) is 0 Å². The second-order valence-corrected chi connectivity index (χ2v) is 6.28. The van der Waals surface area contributed by atoms with Gasteiger partial charge in [0, 0.05) is 11.1 Å². The highest BCUT2D eigenvalue weighted by Gasteiger charge is 2.16. The fourth-order valence-electron chi connectivity index (χ4n) is 1.65. The minimum atomic E-state index is -0.762. The van der Waals surface area contributed by atoms with E-state index in [0.29, 0.717) is 11.3 Å². The van der Waals surface area contributed by atoms with E-state index in [-0.39, 0.29) is 5.78 Å². The molecule has 0 aliphatic carbocycles. The van der Waals surface area contributed by atoms with Crippen LogP contribution in [-0.4, -0.2) is 42.4 Å². The summed E-state index contributed by atoms with van der Waals surface area (Å²) in [6.07, 6.45) is 0. The van der Waals surface area contributed by atoms with E-state index >= 15 is 0 Å². The van der Waals surface area contributed by atoms with Gasteiger partial charge >= 0.3 is 12.0 Å². The average Bonchev–Trinajstić information content (AvgIpc) is 2.49. The molecule has 0 heterocycles. The molecule has 0 unspecified atom stereocenters. The minimum absolute atomic E-state index is 0.0764. The molecule has 0 aliphatic rings. The van der Waals surface area contributed by atoms with Gasteiger partial charge in [-0.25, -0.2) is 9.59 Å². The van der Waals surface area contributed by atoms with E-state index in [4.69, 9.17) is 9.47 Å². The van der Waals surface area contributed by atoms with Crippen molar-refractivity contribution in [3.05, 3.63) is 29.8 Å². The van der Waals surface area contributed by atoms with Crippen molar-refractivity contribution < 1.29 is 28.7 Å². The monoisotopic (exact) mass is 350 g/mol. The molecule has 8 nitrogen and oxygen atoms in total. The summed E-state index contributed by atoms with van der Waals surface area (Å²) in [6.45, 7) is 5.73. The van der Waals surface area contributed by atoms with E-state index in [1.54, 1.807) is 45.0 Å². The molecule has 1 aromatic rings. The summed E-state index contributed by atoms with van der Waals surface area (Å²) in [4.78, 5) is 45.6. The summed E-state index contributed by atoms with van der Waals surface area (Å²) in [7, 11) is 0. The summed E-state index contributed by atoms with van der Waals surface area (Å²) in [5.74, 6) is -1.20. The predicted molar refractivity (Wildman–Crippen MR) is 89.3 cm³/mol. The Balaban J connectivity index is 2.31. The van der Waals surface area contributed by atoms with Gasteiger partial charge in [-0.1, -0.05) is 0 Å². The van der Waals surface area contributed by atoms with E-state index < -0.39 is 36.7 Å². The SMILES string of the molecule is CC(=O)c1ccc(OCC(=O)OCC(=O)NC(=O)NC(C)(C)C)cc1. The Labute approximate surface area is 145 Å². The zero-order chi connectivity index (χ0) is 19.0. The second-order valence-electron chi connectivity index (χ2n) is 6.28. The van der Waals surface area contributed by atoms with Crippen LogP contribution in [0.15, 0.2) is 24.3 Å². The number of ether oxygens (including phenoxy) is 2. The van der Waals surface area contributed by atoms with Gasteiger partial charge in [0.05, 0.1) is 0 Å². The zero-order valence-electron chi connectivity index (χ0n) is 14.7. The molecule has 0 spiro atoms. The Morgan fingerprint density at radius 2 is 1.60 bits per heavy atom. The number of amides is 3. The van der Waals surface area contributed by atoms with Gasteiger partial charge in [0.15, 0.2) is 19.0 Å². The maximum absolute atomic E-state index is 11.5. The number of urea groups is 1. The van der Waals surface area contributed by atoms with Crippen LogP contribution in [0, 0.1) is 0 Å². The number of rotatable bonds is 6. The van der Waals surface area contributed by atoms with Crippen molar-refractivity contribution in [2.75, 3.05) is 13.2 Å². The third-order valence-corrected chi connectivity index (χ3v) is 2.72. The number of Topliss-reactive ketones (excluding diaryl/α,β-unsaturated/α-hetero) is 1. The quantitative estimate of drug-likeness (QED) is 0.593. The predicted octanol–water partition coefficient (Wildman–Crippen LogP) is 1.44. The molecule has 0 saturated carbocycles. The van der Waals surface area contributed by atoms with Crippen LogP contribution in [0.25, 0.3) is 0 Å². The molecule has 0 aromatic heterocycles. The molecular weight excluding hydrogens is 328 g/mol. The number of carbonyl (C=O) groups excluding carboxylic acids is 4. The first-order valence-corrected chi connectivity index (χ1v) is 7.58. The van der Waals surface area contributed by atoms with Crippen LogP contribution >= 0.6 is 0 Å². The van der Waals surface area contributed by atoms with Crippen LogP contribution in [-0.2, 0) is 14.3 Å². The number of imide groups is 1. The third kappa shape index (κ3) is 8.50. The fourth-order valence-corrected chi connectivity index (χ4v) is 1.65. The highest BCUT2D eigenvalue weighted by Crippen LogP contribution is 2.12. The number of ketones is 1. The number of hydrogen-bond acceptors (Lipinski definition) is 6. The lowest BCUT2D eigenvalue weighted by molar-refractivity contribution is -0.150. The van der Waals surface area contributed by atoms with E-state index in [1.807, 2.05) is 5.32 Å². The van der Waals surface area contributed by atoms with Crippen molar-refractivity contribution in [1.82, 2.24) is 10.6 Å². The Kier molecular flexibility index (Phi) is 7.10. The summed E-state index contributed by atoms with van der Waals surface area (Å²) >= 11 is 0. The van der Waals surface area contributed by atoms with E-state index in [1.165, 1.54) is 6.92 Å². The van der Waals surface area contributed by atoms with Crippen molar-refractivity contribution in [3.63, 3.8) is 0 Å². The molecule has 25 heavy (non-hydrogen) atoms. The molecule has 0 radical (unpaired) electrons. The Hall–Kier alpha value is -2.90. The standard InChI is InChI=1S/C17H22N2O6/c1-11(20)12-5-7-13(8-6-12)24-10-15(22)25-9-14(21)18-16(23)19-17(2,3)4/h5-8H,9-10H2,1-4H3,(H2,18,19,21,23). The molecule has 2 N–H and O–H groups in total. The van der Waals surface area contributed by atoms with Crippen molar-refractivity contribution in [1.29, 1.82) is 0 Å². The summed E-state index contributed by atoms with van der Waals surface area (Å²) < 4.78 is 9.89. The van der Waals surface area contributed by atoms with E-state index in [0.717, 1.165) is 0 Å². The molecule has 0 aliphatic heterocycles. The van der Waals surface area contributed by atoms with E-state index in [2.05, 4.69) is 5.32 Å². The zero-order valence-corrected chi connectivity index (χ0v) is 14.7. The number of hydrogen-bond donors (Lipinski definition) is 2. The largest absolute Gasteiger partial charge is 0.482 e. The van der Waals surface area contributed by atoms with Crippen LogP contribution in [0.1, 0.15) is 38.1 Å². The molecule has 0 fully saturated rings. The van der Waals surface area contributed by atoms with Gasteiger partial charge < -0.3 is 14.8 Å². The molecule has 136 valence electrons. The lowest BCUT2D eigenvalue weighted by atomic mass is 10.1.